The maximum absolute atomic E-state index is 11.9. The van der Waals surface area contributed by atoms with Gasteiger partial charge in [0.1, 0.15) is 0 Å². The number of rotatable bonds is 5. The van der Waals surface area contributed by atoms with E-state index >= 15 is 0 Å². The molecule has 0 saturated carbocycles. The van der Waals surface area contributed by atoms with E-state index in [1.165, 1.54) is 12.3 Å². The van der Waals surface area contributed by atoms with Crippen molar-refractivity contribution in [2.24, 2.45) is 0 Å². The Kier molecular flexibility index (Phi) is 4.68. The Balaban J connectivity index is 2.05. The van der Waals surface area contributed by atoms with Gasteiger partial charge in [-0.25, -0.2) is 0 Å². The lowest BCUT2D eigenvalue weighted by Crippen LogP contribution is -2.24. The number of methoxy groups -OCH3 is 1. The SMILES string of the molecule is COCc1ccccc1CNC(=O)c1cc[nH]c(=O)c1. The third kappa shape index (κ3) is 3.55. The minimum Gasteiger partial charge on any atom is -0.380 e. The first kappa shape index (κ1) is 14.0. The molecule has 1 aromatic carbocycles. The topological polar surface area (TPSA) is 71.2 Å². The van der Waals surface area contributed by atoms with Gasteiger partial charge in [0.25, 0.3) is 5.91 Å². The molecule has 0 unspecified atom stereocenters. The first-order valence-corrected chi connectivity index (χ1v) is 6.23. The highest BCUT2D eigenvalue weighted by Gasteiger charge is 2.07. The van der Waals surface area contributed by atoms with Gasteiger partial charge in [0.15, 0.2) is 0 Å². The van der Waals surface area contributed by atoms with Crippen LogP contribution >= 0.6 is 0 Å². The number of aromatic nitrogens is 1. The molecule has 2 N–H and O–H groups in total. The van der Waals surface area contributed by atoms with E-state index in [4.69, 9.17) is 4.74 Å². The molecule has 0 aliphatic heterocycles. The molecule has 1 amide bonds. The van der Waals surface area contributed by atoms with E-state index in [2.05, 4.69) is 10.3 Å². The molecular weight excluding hydrogens is 256 g/mol. The number of ether oxygens (including phenoxy) is 1. The van der Waals surface area contributed by atoms with Crippen molar-refractivity contribution < 1.29 is 9.53 Å². The van der Waals surface area contributed by atoms with Crippen molar-refractivity contribution in [2.75, 3.05) is 7.11 Å². The number of hydrogen-bond acceptors (Lipinski definition) is 3. The van der Waals surface area contributed by atoms with Crippen LogP contribution in [-0.2, 0) is 17.9 Å². The minimum absolute atomic E-state index is 0.275. The predicted octanol–water partition coefficient (Wildman–Crippen LogP) is 1.45. The second kappa shape index (κ2) is 6.68. The van der Waals surface area contributed by atoms with Gasteiger partial charge < -0.3 is 15.0 Å². The van der Waals surface area contributed by atoms with Crippen molar-refractivity contribution >= 4 is 5.91 Å². The van der Waals surface area contributed by atoms with E-state index in [0.29, 0.717) is 18.7 Å². The molecular formula is C15H16N2O3. The van der Waals surface area contributed by atoms with Crippen molar-refractivity contribution in [3.05, 3.63) is 69.6 Å². The number of amides is 1. The number of aromatic amines is 1. The number of carbonyl (C=O) groups is 1. The molecule has 0 spiro atoms. The quantitative estimate of drug-likeness (QED) is 0.865. The molecule has 0 aliphatic rings. The lowest BCUT2D eigenvalue weighted by Gasteiger charge is -2.10. The van der Waals surface area contributed by atoms with Crippen LogP contribution in [0.3, 0.4) is 0 Å². The van der Waals surface area contributed by atoms with Crippen LogP contribution in [0.4, 0.5) is 0 Å². The molecule has 5 nitrogen and oxygen atoms in total. The van der Waals surface area contributed by atoms with E-state index in [9.17, 15) is 9.59 Å². The summed E-state index contributed by atoms with van der Waals surface area (Å²) in [6.07, 6.45) is 1.45. The largest absolute Gasteiger partial charge is 0.380 e. The number of carbonyl (C=O) groups excluding carboxylic acids is 1. The van der Waals surface area contributed by atoms with Crippen molar-refractivity contribution in [1.29, 1.82) is 0 Å². The lowest BCUT2D eigenvalue weighted by atomic mass is 10.1. The van der Waals surface area contributed by atoms with E-state index in [0.717, 1.165) is 11.1 Å². The summed E-state index contributed by atoms with van der Waals surface area (Å²) in [6, 6.07) is 10.6. The molecule has 2 aromatic rings. The molecule has 0 saturated heterocycles. The average Bonchev–Trinajstić information content (AvgIpc) is 2.46. The zero-order valence-corrected chi connectivity index (χ0v) is 11.2. The highest BCUT2D eigenvalue weighted by molar-refractivity contribution is 5.93. The zero-order valence-electron chi connectivity index (χ0n) is 11.2. The van der Waals surface area contributed by atoms with Gasteiger partial charge in [-0.2, -0.15) is 0 Å². The van der Waals surface area contributed by atoms with Gasteiger partial charge in [0.05, 0.1) is 6.61 Å². The van der Waals surface area contributed by atoms with Crippen LogP contribution in [0.5, 0.6) is 0 Å². The highest BCUT2D eigenvalue weighted by atomic mass is 16.5. The molecule has 1 aromatic heterocycles. The summed E-state index contributed by atoms with van der Waals surface area (Å²) in [4.78, 5) is 25.6. The van der Waals surface area contributed by atoms with Gasteiger partial charge in [0, 0.05) is 31.5 Å². The summed E-state index contributed by atoms with van der Waals surface area (Å²) in [5, 5.41) is 2.79. The molecule has 104 valence electrons. The molecule has 0 atom stereocenters. The first-order valence-electron chi connectivity index (χ1n) is 6.23. The zero-order chi connectivity index (χ0) is 14.4. The second-order valence-electron chi connectivity index (χ2n) is 4.33. The Morgan fingerprint density at radius 3 is 2.70 bits per heavy atom. The monoisotopic (exact) mass is 272 g/mol. The average molecular weight is 272 g/mol. The first-order chi connectivity index (χ1) is 9.70. The molecule has 0 bridgehead atoms. The Morgan fingerprint density at radius 2 is 2.00 bits per heavy atom. The summed E-state index contributed by atoms with van der Waals surface area (Å²) >= 11 is 0. The molecule has 2 rings (SSSR count). The Morgan fingerprint density at radius 1 is 1.25 bits per heavy atom. The van der Waals surface area contributed by atoms with Gasteiger partial charge >= 0.3 is 0 Å². The van der Waals surface area contributed by atoms with Crippen LogP contribution in [0.2, 0.25) is 0 Å². The fourth-order valence-corrected chi connectivity index (χ4v) is 1.89. The fourth-order valence-electron chi connectivity index (χ4n) is 1.89. The molecule has 1 heterocycles. The maximum atomic E-state index is 11.9. The highest BCUT2D eigenvalue weighted by Crippen LogP contribution is 2.09. The van der Waals surface area contributed by atoms with Crippen molar-refractivity contribution in [1.82, 2.24) is 10.3 Å². The van der Waals surface area contributed by atoms with Gasteiger partial charge in [-0.05, 0) is 17.2 Å². The summed E-state index contributed by atoms with van der Waals surface area (Å²) < 4.78 is 5.12. The summed E-state index contributed by atoms with van der Waals surface area (Å²) in [7, 11) is 1.63. The van der Waals surface area contributed by atoms with Crippen LogP contribution < -0.4 is 10.9 Å². The summed E-state index contributed by atoms with van der Waals surface area (Å²) in [5.74, 6) is -0.275. The number of nitrogens with one attached hydrogen (secondary N) is 2. The normalized spacial score (nSPS) is 10.2. The molecule has 0 radical (unpaired) electrons. The van der Waals surface area contributed by atoms with Gasteiger partial charge in [-0.1, -0.05) is 24.3 Å². The molecule has 0 aliphatic carbocycles. The number of benzene rings is 1. The van der Waals surface area contributed by atoms with E-state index in [1.807, 2.05) is 24.3 Å². The van der Waals surface area contributed by atoms with Crippen LogP contribution in [0.1, 0.15) is 21.5 Å². The Hall–Kier alpha value is -2.40. The van der Waals surface area contributed by atoms with E-state index < -0.39 is 0 Å². The Labute approximate surface area is 116 Å². The van der Waals surface area contributed by atoms with Crippen LogP contribution in [-0.4, -0.2) is 18.0 Å². The van der Waals surface area contributed by atoms with E-state index in [1.54, 1.807) is 13.2 Å². The van der Waals surface area contributed by atoms with Gasteiger partial charge in [-0.15, -0.1) is 0 Å². The second-order valence-corrected chi connectivity index (χ2v) is 4.33. The van der Waals surface area contributed by atoms with Crippen LogP contribution in [0.25, 0.3) is 0 Å². The molecule has 5 heteroatoms. The van der Waals surface area contributed by atoms with E-state index in [-0.39, 0.29) is 11.5 Å². The third-order valence-electron chi connectivity index (χ3n) is 2.89. The van der Waals surface area contributed by atoms with Crippen LogP contribution in [0, 0.1) is 0 Å². The summed E-state index contributed by atoms with van der Waals surface area (Å²) in [5.41, 5.74) is 2.07. The maximum Gasteiger partial charge on any atom is 0.251 e. The number of hydrogen-bond donors (Lipinski definition) is 2. The number of pyridine rings is 1. The predicted molar refractivity (Wildman–Crippen MR) is 75.4 cm³/mol. The fraction of sp³-hybridized carbons (Fsp3) is 0.200. The standard InChI is InChI=1S/C15H16N2O3/c1-20-10-13-5-3-2-4-12(13)9-17-15(19)11-6-7-16-14(18)8-11/h2-8H,9-10H2,1H3,(H,16,18)(H,17,19). The minimum atomic E-state index is -0.294. The van der Waals surface area contributed by atoms with Crippen molar-refractivity contribution in [3.63, 3.8) is 0 Å². The van der Waals surface area contributed by atoms with Crippen LogP contribution in [0.15, 0.2) is 47.4 Å². The molecule has 20 heavy (non-hydrogen) atoms. The number of H-pyrrole nitrogens is 1. The lowest BCUT2D eigenvalue weighted by molar-refractivity contribution is 0.0950. The van der Waals surface area contributed by atoms with Gasteiger partial charge in [0.2, 0.25) is 5.56 Å². The summed E-state index contributed by atoms with van der Waals surface area (Å²) in [6.45, 7) is 0.891. The van der Waals surface area contributed by atoms with Gasteiger partial charge in [-0.3, -0.25) is 9.59 Å². The Bertz CT molecular complexity index is 649. The third-order valence-corrected chi connectivity index (χ3v) is 2.89. The molecule has 0 fully saturated rings. The van der Waals surface area contributed by atoms with Crippen molar-refractivity contribution in [2.45, 2.75) is 13.2 Å². The smallest absolute Gasteiger partial charge is 0.251 e. The van der Waals surface area contributed by atoms with Crippen molar-refractivity contribution in [3.8, 4) is 0 Å².